The first-order valence-electron chi connectivity index (χ1n) is 6.68. The van der Waals surface area contributed by atoms with E-state index in [0.717, 1.165) is 43.4 Å². The van der Waals surface area contributed by atoms with E-state index >= 15 is 0 Å². The molecular formula is C14H22F2N2S. The lowest BCUT2D eigenvalue weighted by atomic mass is 10.3. The summed E-state index contributed by atoms with van der Waals surface area (Å²) in [6, 6.07) is 4.03. The van der Waals surface area contributed by atoms with Gasteiger partial charge in [-0.15, -0.1) is 11.8 Å². The minimum Gasteiger partial charge on any atom is -0.315 e. The molecule has 0 aliphatic carbocycles. The monoisotopic (exact) mass is 288 g/mol. The van der Waals surface area contributed by atoms with Gasteiger partial charge in [0, 0.05) is 30.3 Å². The van der Waals surface area contributed by atoms with Gasteiger partial charge in [0.05, 0.1) is 0 Å². The van der Waals surface area contributed by atoms with Crippen molar-refractivity contribution in [2.75, 3.05) is 38.5 Å². The Kier molecular flexibility index (Phi) is 8.02. The Morgan fingerprint density at radius 3 is 2.47 bits per heavy atom. The Bertz CT molecular complexity index is 370. The summed E-state index contributed by atoms with van der Waals surface area (Å²) in [7, 11) is 0. The van der Waals surface area contributed by atoms with Gasteiger partial charge in [0.1, 0.15) is 0 Å². The molecule has 19 heavy (non-hydrogen) atoms. The predicted octanol–water partition coefficient (Wildman–Crippen LogP) is 2.99. The van der Waals surface area contributed by atoms with Gasteiger partial charge in [0.2, 0.25) is 0 Å². The molecule has 0 fully saturated rings. The predicted molar refractivity (Wildman–Crippen MR) is 77.7 cm³/mol. The molecule has 0 atom stereocenters. The van der Waals surface area contributed by atoms with Crippen molar-refractivity contribution in [3.8, 4) is 0 Å². The van der Waals surface area contributed by atoms with Gasteiger partial charge < -0.3 is 10.2 Å². The van der Waals surface area contributed by atoms with Gasteiger partial charge in [-0.1, -0.05) is 13.8 Å². The van der Waals surface area contributed by atoms with Crippen molar-refractivity contribution in [1.29, 1.82) is 0 Å². The van der Waals surface area contributed by atoms with Crippen molar-refractivity contribution in [1.82, 2.24) is 10.2 Å². The van der Waals surface area contributed by atoms with Crippen LogP contribution in [-0.4, -0.2) is 43.4 Å². The average Bonchev–Trinajstić information content (AvgIpc) is 2.42. The summed E-state index contributed by atoms with van der Waals surface area (Å²) in [5.74, 6) is -0.718. The number of hydrogen-bond acceptors (Lipinski definition) is 3. The third-order valence-corrected chi connectivity index (χ3v) is 3.93. The molecule has 1 rings (SSSR count). The number of nitrogens with zero attached hydrogens (tertiary/aromatic N) is 1. The number of likely N-dealkylation sites (N-methyl/N-ethyl adjacent to an activating group) is 1. The molecule has 0 aliphatic heterocycles. The highest BCUT2D eigenvalue weighted by molar-refractivity contribution is 7.99. The molecule has 1 aromatic rings. The lowest BCUT2D eigenvalue weighted by Gasteiger charge is -2.17. The molecule has 0 spiro atoms. The Labute approximate surface area is 118 Å². The highest BCUT2D eigenvalue weighted by Crippen LogP contribution is 2.19. The Hall–Kier alpha value is -0.650. The summed E-state index contributed by atoms with van der Waals surface area (Å²) < 4.78 is 25.7. The minimum absolute atomic E-state index is 0.768. The highest BCUT2D eigenvalue weighted by atomic mass is 32.2. The van der Waals surface area contributed by atoms with E-state index in [1.165, 1.54) is 23.9 Å². The lowest BCUT2D eigenvalue weighted by molar-refractivity contribution is 0.303. The third-order valence-electron chi connectivity index (χ3n) is 2.94. The maximum Gasteiger partial charge on any atom is 0.159 e. The van der Waals surface area contributed by atoms with Gasteiger partial charge in [-0.25, -0.2) is 8.78 Å². The van der Waals surface area contributed by atoms with Crippen molar-refractivity contribution < 1.29 is 8.78 Å². The molecular weight excluding hydrogens is 266 g/mol. The summed E-state index contributed by atoms with van der Waals surface area (Å²) in [6.45, 7) is 9.32. The van der Waals surface area contributed by atoms with E-state index in [9.17, 15) is 8.78 Å². The molecule has 1 aromatic carbocycles. The molecule has 2 nitrogen and oxygen atoms in total. The van der Waals surface area contributed by atoms with Crippen LogP contribution in [0, 0.1) is 11.6 Å². The van der Waals surface area contributed by atoms with Crippen molar-refractivity contribution >= 4 is 11.8 Å². The summed E-state index contributed by atoms with van der Waals surface area (Å²) in [5, 5.41) is 3.35. The number of benzene rings is 1. The molecule has 0 radical (unpaired) electrons. The van der Waals surface area contributed by atoms with Gasteiger partial charge in [-0.05, 0) is 31.3 Å². The molecule has 0 heterocycles. The summed E-state index contributed by atoms with van der Waals surface area (Å²) in [4.78, 5) is 3.12. The van der Waals surface area contributed by atoms with Crippen LogP contribution in [0.2, 0.25) is 0 Å². The van der Waals surface area contributed by atoms with E-state index in [1.807, 2.05) is 0 Å². The molecule has 5 heteroatoms. The van der Waals surface area contributed by atoms with Crippen LogP contribution in [0.4, 0.5) is 8.78 Å². The van der Waals surface area contributed by atoms with Crippen molar-refractivity contribution in [3.05, 3.63) is 29.8 Å². The standard InChI is InChI=1S/C14H22F2N2S/c1-3-18(4-2)9-7-17-8-10-19-12-5-6-13(15)14(16)11-12/h5-6,11,17H,3-4,7-10H2,1-2H3. The van der Waals surface area contributed by atoms with Gasteiger partial charge in [-0.2, -0.15) is 0 Å². The molecule has 0 saturated carbocycles. The fourth-order valence-corrected chi connectivity index (χ4v) is 2.54. The first kappa shape index (κ1) is 16.4. The van der Waals surface area contributed by atoms with Gasteiger partial charge in [0.25, 0.3) is 0 Å². The van der Waals surface area contributed by atoms with Gasteiger partial charge in [0.15, 0.2) is 11.6 Å². The summed E-state index contributed by atoms with van der Waals surface area (Å²) in [6.07, 6.45) is 0. The minimum atomic E-state index is -0.790. The maximum atomic E-state index is 13.0. The van der Waals surface area contributed by atoms with E-state index in [2.05, 4.69) is 24.1 Å². The Morgan fingerprint density at radius 1 is 1.11 bits per heavy atom. The third kappa shape index (κ3) is 6.36. The fraction of sp³-hybridized carbons (Fsp3) is 0.571. The summed E-state index contributed by atoms with van der Waals surface area (Å²) in [5.41, 5.74) is 0. The number of rotatable bonds is 9. The van der Waals surface area contributed by atoms with Crippen LogP contribution < -0.4 is 5.32 Å². The van der Waals surface area contributed by atoms with Gasteiger partial charge in [-0.3, -0.25) is 0 Å². The Balaban J connectivity index is 2.12. The molecule has 0 bridgehead atoms. The van der Waals surface area contributed by atoms with Crippen LogP contribution in [0.25, 0.3) is 0 Å². The second kappa shape index (κ2) is 9.28. The van der Waals surface area contributed by atoms with Crippen LogP contribution in [0.15, 0.2) is 23.1 Å². The zero-order valence-corrected chi connectivity index (χ0v) is 12.4. The fourth-order valence-electron chi connectivity index (χ4n) is 1.71. The van der Waals surface area contributed by atoms with E-state index in [0.29, 0.717) is 0 Å². The van der Waals surface area contributed by atoms with Crippen LogP contribution in [0.1, 0.15) is 13.8 Å². The first-order valence-corrected chi connectivity index (χ1v) is 7.66. The number of nitrogens with one attached hydrogen (secondary N) is 1. The van der Waals surface area contributed by atoms with Crippen molar-refractivity contribution in [2.45, 2.75) is 18.7 Å². The van der Waals surface area contributed by atoms with Crippen LogP contribution >= 0.6 is 11.8 Å². The second-order valence-electron chi connectivity index (χ2n) is 4.20. The highest BCUT2D eigenvalue weighted by Gasteiger charge is 2.02. The topological polar surface area (TPSA) is 15.3 Å². The van der Waals surface area contributed by atoms with Crippen molar-refractivity contribution in [2.24, 2.45) is 0 Å². The maximum absolute atomic E-state index is 13.0. The smallest absolute Gasteiger partial charge is 0.159 e. The molecule has 0 aromatic heterocycles. The zero-order valence-electron chi connectivity index (χ0n) is 11.6. The first-order chi connectivity index (χ1) is 9.17. The van der Waals surface area contributed by atoms with Crippen LogP contribution in [0.3, 0.4) is 0 Å². The van der Waals surface area contributed by atoms with Crippen LogP contribution in [0.5, 0.6) is 0 Å². The Morgan fingerprint density at radius 2 is 1.84 bits per heavy atom. The van der Waals surface area contributed by atoms with E-state index in [-0.39, 0.29) is 0 Å². The van der Waals surface area contributed by atoms with E-state index in [4.69, 9.17) is 0 Å². The normalized spacial score (nSPS) is 11.2. The van der Waals surface area contributed by atoms with Crippen LogP contribution in [-0.2, 0) is 0 Å². The second-order valence-corrected chi connectivity index (χ2v) is 5.37. The number of halogens is 2. The summed E-state index contributed by atoms with van der Waals surface area (Å²) >= 11 is 1.53. The quantitative estimate of drug-likeness (QED) is 0.555. The van der Waals surface area contributed by atoms with Crippen molar-refractivity contribution in [3.63, 3.8) is 0 Å². The molecule has 0 unspecified atom stereocenters. The SMILES string of the molecule is CCN(CC)CCNCCSc1ccc(F)c(F)c1. The van der Waals surface area contributed by atoms with Gasteiger partial charge >= 0.3 is 0 Å². The average molecular weight is 288 g/mol. The molecule has 0 amide bonds. The zero-order chi connectivity index (χ0) is 14.1. The number of thioether (sulfide) groups is 1. The number of hydrogen-bond donors (Lipinski definition) is 1. The van der Waals surface area contributed by atoms with E-state index in [1.54, 1.807) is 6.07 Å². The van der Waals surface area contributed by atoms with E-state index < -0.39 is 11.6 Å². The molecule has 0 aliphatic rings. The largest absolute Gasteiger partial charge is 0.315 e. The molecule has 108 valence electrons. The lowest BCUT2D eigenvalue weighted by Crippen LogP contribution is -2.32. The molecule has 1 N–H and O–H groups in total. The molecule has 0 saturated heterocycles.